The van der Waals surface area contributed by atoms with Crippen LogP contribution in [-0.2, 0) is 47.4 Å². The lowest BCUT2D eigenvalue weighted by Gasteiger charge is -2.08. The molecular formula is C23H42O10. The molecule has 194 valence electrons. The Bertz CT molecular complexity index is 441. The third-order valence-electron chi connectivity index (χ3n) is 3.73. The van der Waals surface area contributed by atoms with Crippen LogP contribution in [0.3, 0.4) is 0 Å². The first-order chi connectivity index (χ1) is 16.3. The topological polar surface area (TPSA) is 100 Å². The molecule has 10 heteroatoms. The second-order valence-corrected chi connectivity index (χ2v) is 6.51. The molecule has 10 nitrogen and oxygen atoms in total. The van der Waals surface area contributed by atoms with Crippen molar-refractivity contribution in [3.8, 4) is 12.3 Å². The largest absolute Gasteiger partial charge is 0.463 e. The smallest absolute Gasteiger partial charge is 0.305 e. The lowest BCUT2D eigenvalue weighted by molar-refractivity contribution is -0.145. The third kappa shape index (κ3) is 28.7. The number of hydrogen-bond donors (Lipinski definition) is 0. The molecule has 0 amide bonds. The van der Waals surface area contributed by atoms with Gasteiger partial charge in [-0.2, -0.15) is 0 Å². The molecule has 0 aromatic carbocycles. The summed E-state index contributed by atoms with van der Waals surface area (Å²) in [6.07, 6.45) is 6.29. The SMILES string of the molecule is C#CCOCCOCCOCCOCCOCCOCCOCCOCCOC(=O)CCC. The van der Waals surface area contributed by atoms with Crippen molar-refractivity contribution in [2.75, 3.05) is 112 Å². The number of ether oxygens (including phenoxy) is 9. The number of carbonyl (C=O) groups is 1. The minimum Gasteiger partial charge on any atom is -0.463 e. The zero-order chi connectivity index (χ0) is 24.1. The predicted octanol–water partition coefficient (Wildman–Crippen LogP) is 1.10. The number of carbonyl (C=O) groups excluding carboxylic acids is 1. The van der Waals surface area contributed by atoms with Crippen LogP contribution in [0.15, 0.2) is 0 Å². The number of rotatable bonds is 27. The first-order valence-corrected chi connectivity index (χ1v) is 11.5. The van der Waals surface area contributed by atoms with Crippen molar-refractivity contribution >= 4 is 5.97 Å². The molecule has 0 saturated heterocycles. The second-order valence-electron chi connectivity index (χ2n) is 6.51. The predicted molar refractivity (Wildman–Crippen MR) is 121 cm³/mol. The Kier molecular flexibility index (Phi) is 27.6. The summed E-state index contributed by atoms with van der Waals surface area (Å²) in [5.74, 6) is 2.20. The van der Waals surface area contributed by atoms with E-state index in [1.54, 1.807) is 0 Å². The molecule has 33 heavy (non-hydrogen) atoms. The molecule has 0 aliphatic heterocycles. The monoisotopic (exact) mass is 478 g/mol. The molecule has 0 saturated carbocycles. The number of esters is 1. The molecule has 0 atom stereocenters. The fraction of sp³-hybridized carbons (Fsp3) is 0.870. The highest BCUT2D eigenvalue weighted by Crippen LogP contribution is 1.91. The second kappa shape index (κ2) is 28.7. The van der Waals surface area contributed by atoms with Gasteiger partial charge in [0.2, 0.25) is 0 Å². The minimum absolute atomic E-state index is 0.186. The van der Waals surface area contributed by atoms with E-state index in [2.05, 4.69) is 5.92 Å². The average molecular weight is 479 g/mol. The van der Waals surface area contributed by atoms with E-state index < -0.39 is 0 Å². The summed E-state index contributed by atoms with van der Waals surface area (Å²) in [6.45, 7) is 9.86. The van der Waals surface area contributed by atoms with E-state index in [9.17, 15) is 4.79 Å². The molecule has 0 aliphatic carbocycles. The molecule has 0 bridgehead atoms. The lowest BCUT2D eigenvalue weighted by Crippen LogP contribution is -2.15. The van der Waals surface area contributed by atoms with Crippen molar-refractivity contribution in [1.29, 1.82) is 0 Å². The molecule has 0 N–H and O–H groups in total. The van der Waals surface area contributed by atoms with Crippen LogP contribution in [-0.4, -0.2) is 118 Å². The fourth-order valence-corrected chi connectivity index (χ4v) is 2.16. The Balaban J connectivity index is 3.04. The Labute approximate surface area is 198 Å². The number of terminal acetylenes is 1. The lowest BCUT2D eigenvalue weighted by atomic mass is 10.3. The van der Waals surface area contributed by atoms with E-state index in [1.165, 1.54) is 0 Å². The van der Waals surface area contributed by atoms with Gasteiger partial charge in [0.15, 0.2) is 0 Å². The van der Waals surface area contributed by atoms with Crippen LogP contribution in [0.5, 0.6) is 0 Å². The Hall–Kier alpha value is -1.29. The molecule has 0 spiro atoms. The van der Waals surface area contributed by atoms with Gasteiger partial charge in [0, 0.05) is 6.42 Å². The minimum atomic E-state index is -0.186. The summed E-state index contributed by atoms with van der Waals surface area (Å²) in [5, 5.41) is 0. The van der Waals surface area contributed by atoms with Crippen molar-refractivity contribution in [2.24, 2.45) is 0 Å². The average Bonchev–Trinajstić information content (AvgIpc) is 2.81. The quantitative estimate of drug-likeness (QED) is 0.0969. The van der Waals surface area contributed by atoms with E-state index in [0.29, 0.717) is 112 Å². The van der Waals surface area contributed by atoms with Gasteiger partial charge in [-0.15, -0.1) is 6.42 Å². The van der Waals surface area contributed by atoms with E-state index in [-0.39, 0.29) is 12.6 Å². The summed E-state index contributed by atoms with van der Waals surface area (Å²) in [4.78, 5) is 11.1. The normalized spacial score (nSPS) is 10.9. The van der Waals surface area contributed by atoms with Crippen molar-refractivity contribution in [1.82, 2.24) is 0 Å². The molecular weight excluding hydrogens is 436 g/mol. The first-order valence-electron chi connectivity index (χ1n) is 11.5. The van der Waals surface area contributed by atoms with E-state index in [0.717, 1.165) is 6.42 Å². The summed E-state index contributed by atoms with van der Waals surface area (Å²) < 4.78 is 47.7. The molecule has 0 aliphatic rings. The van der Waals surface area contributed by atoms with E-state index in [4.69, 9.17) is 49.1 Å². The summed E-state index contributed by atoms with van der Waals surface area (Å²) >= 11 is 0. The maximum atomic E-state index is 11.1. The van der Waals surface area contributed by atoms with Crippen LogP contribution in [0.4, 0.5) is 0 Å². The van der Waals surface area contributed by atoms with E-state index >= 15 is 0 Å². The summed E-state index contributed by atoms with van der Waals surface area (Å²) in [6, 6.07) is 0. The maximum Gasteiger partial charge on any atom is 0.305 e. The highest BCUT2D eigenvalue weighted by molar-refractivity contribution is 5.69. The standard InChI is InChI=1S/C23H42O10/c1-3-5-23(24)33-22-21-32-20-19-31-18-17-30-16-15-29-14-13-28-12-11-27-10-9-26-8-7-25-6-4-2/h2H,3,5-22H2,1H3. The van der Waals surface area contributed by atoms with Crippen LogP contribution in [0, 0.1) is 12.3 Å². The van der Waals surface area contributed by atoms with Gasteiger partial charge in [-0.1, -0.05) is 12.8 Å². The van der Waals surface area contributed by atoms with Gasteiger partial charge in [-0.25, -0.2) is 0 Å². The maximum absolute atomic E-state index is 11.1. The van der Waals surface area contributed by atoms with Crippen LogP contribution < -0.4 is 0 Å². The summed E-state index contributed by atoms with van der Waals surface area (Å²) in [7, 11) is 0. The molecule has 0 aromatic heterocycles. The highest BCUT2D eigenvalue weighted by Gasteiger charge is 1.99. The number of hydrogen-bond acceptors (Lipinski definition) is 10. The Morgan fingerprint density at radius 3 is 1.15 bits per heavy atom. The summed E-state index contributed by atoms with van der Waals surface area (Å²) in [5.41, 5.74) is 0. The van der Waals surface area contributed by atoms with Crippen molar-refractivity contribution < 1.29 is 47.4 Å². The molecule has 0 aromatic rings. The third-order valence-corrected chi connectivity index (χ3v) is 3.73. The van der Waals surface area contributed by atoms with Gasteiger partial charge >= 0.3 is 5.97 Å². The highest BCUT2D eigenvalue weighted by atomic mass is 16.6. The van der Waals surface area contributed by atoms with Gasteiger partial charge in [-0.3, -0.25) is 4.79 Å². The van der Waals surface area contributed by atoms with Crippen molar-refractivity contribution in [3.05, 3.63) is 0 Å². The fourth-order valence-electron chi connectivity index (χ4n) is 2.16. The molecule has 0 unspecified atom stereocenters. The van der Waals surface area contributed by atoms with Crippen LogP contribution in [0.25, 0.3) is 0 Å². The van der Waals surface area contributed by atoms with Gasteiger partial charge in [-0.05, 0) is 6.42 Å². The first kappa shape index (κ1) is 31.7. The van der Waals surface area contributed by atoms with Crippen molar-refractivity contribution in [2.45, 2.75) is 19.8 Å². The molecule has 0 rings (SSSR count). The molecule has 0 fully saturated rings. The molecule has 0 heterocycles. The van der Waals surface area contributed by atoms with Gasteiger partial charge in [0.05, 0.1) is 99.1 Å². The zero-order valence-corrected chi connectivity index (χ0v) is 20.1. The van der Waals surface area contributed by atoms with Crippen LogP contribution in [0.2, 0.25) is 0 Å². The molecule has 0 radical (unpaired) electrons. The van der Waals surface area contributed by atoms with Gasteiger partial charge in [0.25, 0.3) is 0 Å². The van der Waals surface area contributed by atoms with Crippen LogP contribution in [0.1, 0.15) is 19.8 Å². The van der Waals surface area contributed by atoms with Gasteiger partial charge < -0.3 is 42.6 Å². The van der Waals surface area contributed by atoms with Crippen molar-refractivity contribution in [3.63, 3.8) is 0 Å². The zero-order valence-electron chi connectivity index (χ0n) is 20.1. The van der Waals surface area contributed by atoms with Crippen LogP contribution >= 0.6 is 0 Å². The Morgan fingerprint density at radius 2 is 0.848 bits per heavy atom. The van der Waals surface area contributed by atoms with Gasteiger partial charge in [0.1, 0.15) is 13.2 Å². The van der Waals surface area contributed by atoms with E-state index in [1.807, 2.05) is 6.92 Å². The Morgan fingerprint density at radius 1 is 0.545 bits per heavy atom.